The first-order valence-corrected chi connectivity index (χ1v) is 18.7. The van der Waals surface area contributed by atoms with E-state index in [9.17, 15) is 0 Å². The molecular formula is C50H32N6. The minimum atomic E-state index is 0.800. The van der Waals surface area contributed by atoms with Crippen LogP contribution in [0, 0.1) is 0 Å². The van der Waals surface area contributed by atoms with Crippen molar-refractivity contribution in [1.82, 2.24) is 29.1 Å². The smallest absolute Gasteiger partial charge is 0.145 e. The normalized spacial score (nSPS) is 11.6. The van der Waals surface area contributed by atoms with Gasteiger partial charge in [0, 0.05) is 51.5 Å². The molecule has 6 nitrogen and oxygen atoms in total. The summed E-state index contributed by atoms with van der Waals surface area (Å²) in [5.41, 5.74) is 14.3. The van der Waals surface area contributed by atoms with Crippen LogP contribution in [0.1, 0.15) is 0 Å². The van der Waals surface area contributed by atoms with E-state index >= 15 is 0 Å². The topological polar surface area (TPSA) is 61.4 Å². The summed E-state index contributed by atoms with van der Waals surface area (Å²) < 4.78 is 4.66. The molecule has 0 saturated heterocycles. The minimum Gasteiger partial charge on any atom is -0.309 e. The summed E-state index contributed by atoms with van der Waals surface area (Å²) in [5.74, 6) is 0. The van der Waals surface area contributed by atoms with Crippen molar-refractivity contribution in [1.29, 1.82) is 0 Å². The third-order valence-corrected chi connectivity index (χ3v) is 10.7. The van der Waals surface area contributed by atoms with Crippen molar-refractivity contribution in [3.05, 3.63) is 195 Å². The maximum absolute atomic E-state index is 4.97. The Hall–Kier alpha value is -7.70. The first-order valence-electron chi connectivity index (χ1n) is 18.7. The Labute approximate surface area is 322 Å². The van der Waals surface area contributed by atoms with Crippen molar-refractivity contribution in [3.8, 4) is 56.4 Å². The van der Waals surface area contributed by atoms with E-state index in [1.165, 1.54) is 27.4 Å². The largest absolute Gasteiger partial charge is 0.309 e. The fraction of sp³-hybridized carbons (Fsp3) is 0. The number of nitrogens with zero attached hydrogens (tertiary/aromatic N) is 6. The van der Waals surface area contributed by atoms with Crippen LogP contribution < -0.4 is 0 Å². The molecule has 0 aliphatic rings. The Bertz CT molecular complexity index is 3160. The summed E-state index contributed by atoms with van der Waals surface area (Å²) in [4.78, 5) is 19.1. The fourth-order valence-electron chi connectivity index (χ4n) is 8.18. The van der Waals surface area contributed by atoms with Crippen LogP contribution in [-0.2, 0) is 0 Å². The summed E-state index contributed by atoms with van der Waals surface area (Å²) in [6, 6.07) is 61.7. The average molecular weight is 717 g/mol. The van der Waals surface area contributed by atoms with Gasteiger partial charge in [-0.05, 0) is 113 Å². The lowest BCUT2D eigenvalue weighted by Crippen LogP contribution is -1.96. The lowest BCUT2D eigenvalue weighted by atomic mass is 9.98. The van der Waals surface area contributed by atoms with Gasteiger partial charge in [-0.2, -0.15) is 0 Å². The molecule has 6 aromatic heterocycles. The van der Waals surface area contributed by atoms with Crippen LogP contribution in [0.2, 0.25) is 0 Å². The molecule has 0 unspecified atom stereocenters. The standard InChI is InChI=1S/C50H32N6/c1-2-12-36(13-3-1)55-46-19-5-4-14-41(46)49-38(15-10-20-47(49)55)34-23-26-39-40-16-11-29-53-50(40)56(48(39)32-34)37-24-21-33(22-25-37)35-30-44(42-17-6-8-27-51-42)54-45(31-35)43-18-7-9-28-52-43/h1-32H. The Balaban J connectivity index is 1.07. The quantitative estimate of drug-likeness (QED) is 0.172. The van der Waals surface area contributed by atoms with Crippen molar-refractivity contribution in [2.24, 2.45) is 0 Å². The van der Waals surface area contributed by atoms with Crippen molar-refractivity contribution in [3.63, 3.8) is 0 Å². The van der Waals surface area contributed by atoms with Crippen LogP contribution in [0.5, 0.6) is 0 Å². The van der Waals surface area contributed by atoms with E-state index in [0.29, 0.717) is 0 Å². The van der Waals surface area contributed by atoms with Gasteiger partial charge >= 0.3 is 0 Å². The summed E-state index contributed by atoms with van der Waals surface area (Å²) in [7, 11) is 0. The molecule has 56 heavy (non-hydrogen) atoms. The van der Waals surface area contributed by atoms with E-state index in [1.54, 1.807) is 12.4 Å². The molecule has 0 amide bonds. The molecule has 11 rings (SSSR count). The molecule has 0 bridgehead atoms. The molecule has 6 heteroatoms. The zero-order valence-electron chi connectivity index (χ0n) is 30.2. The van der Waals surface area contributed by atoms with Gasteiger partial charge in [-0.3, -0.25) is 14.5 Å². The number of pyridine rings is 4. The Morgan fingerprint density at radius 2 is 0.982 bits per heavy atom. The van der Waals surface area contributed by atoms with Gasteiger partial charge in [-0.25, -0.2) is 9.97 Å². The molecule has 0 spiro atoms. The first-order chi connectivity index (χ1) is 27.8. The zero-order chi connectivity index (χ0) is 37.0. The second kappa shape index (κ2) is 13.0. The van der Waals surface area contributed by atoms with Crippen LogP contribution in [0.4, 0.5) is 0 Å². The van der Waals surface area contributed by atoms with Gasteiger partial charge in [0.05, 0.1) is 39.3 Å². The maximum atomic E-state index is 4.97. The van der Waals surface area contributed by atoms with Gasteiger partial charge in [0.25, 0.3) is 0 Å². The molecule has 5 aromatic carbocycles. The van der Waals surface area contributed by atoms with Crippen LogP contribution in [0.25, 0.3) is 100 Å². The van der Waals surface area contributed by atoms with E-state index in [-0.39, 0.29) is 0 Å². The predicted molar refractivity (Wildman–Crippen MR) is 228 cm³/mol. The Morgan fingerprint density at radius 3 is 1.73 bits per heavy atom. The maximum Gasteiger partial charge on any atom is 0.145 e. The number of rotatable bonds is 6. The van der Waals surface area contributed by atoms with E-state index in [2.05, 4.69) is 153 Å². The number of fused-ring (bicyclic) bond motifs is 6. The van der Waals surface area contributed by atoms with Crippen molar-refractivity contribution < 1.29 is 0 Å². The second-order valence-corrected chi connectivity index (χ2v) is 13.9. The van der Waals surface area contributed by atoms with Crippen molar-refractivity contribution in [2.75, 3.05) is 0 Å². The molecule has 0 aliphatic heterocycles. The molecular weight excluding hydrogens is 685 g/mol. The SMILES string of the molecule is c1ccc(-n2c3ccccc3c3c(-c4ccc5c6cccnc6n(-c6ccc(-c7cc(-c8ccccn8)nc(-c8ccccn8)c7)cc6)c5c4)cccc32)cc1. The highest BCUT2D eigenvalue weighted by Gasteiger charge is 2.19. The van der Waals surface area contributed by atoms with E-state index in [1.807, 2.05) is 48.7 Å². The van der Waals surface area contributed by atoms with Gasteiger partial charge in [0.2, 0.25) is 0 Å². The number of hydrogen-bond acceptors (Lipinski definition) is 4. The summed E-state index contributed by atoms with van der Waals surface area (Å²) in [6.45, 7) is 0. The van der Waals surface area contributed by atoms with Gasteiger partial charge in [-0.1, -0.05) is 84.9 Å². The van der Waals surface area contributed by atoms with E-state index in [0.717, 1.165) is 72.8 Å². The molecule has 0 radical (unpaired) electrons. The highest BCUT2D eigenvalue weighted by Crippen LogP contribution is 2.41. The predicted octanol–water partition coefficient (Wildman–Crippen LogP) is 12.1. The highest BCUT2D eigenvalue weighted by atomic mass is 15.0. The first kappa shape index (κ1) is 31.8. The fourth-order valence-corrected chi connectivity index (χ4v) is 8.18. The number of para-hydroxylation sites is 2. The lowest BCUT2D eigenvalue weighted by molar-refractivity contribution is 1.14. The second-order valence-electron chi connectivity index (χ2n) is 13.9. The van der Waals surface area contributed by atoms with Crippen LogP contribution in [0.3, 0.4) is 0 Å². The van der Waals surface area contributed by atoms with E-state index < -0.39 is 0 Å². The van der Waals surface area contributed by atoms with Crippen molar-refractivity contribution in [2.45, 2.75) is 0 Å². The Morgan fingerprint density at radius 1 is 0.339 bits per heavy atom. The molecule has 0 N–H and O–H groups in total. The zero-order valence-corrected chi connectivity index (χ0v) is 30.2. The third-order valence-electron chi connectivity index (χ3n) is 10.7. The highest BCUT2D eigenvalue weighted by molar-refractivity contribution is 6.17. The van der Waals surface area contributed by atoms with Gasteiger partial charge < -0.3 is 4.57 Å². The average Bonchev–Trinajstić information content (AvgIpc) is 3.80. The number of aromatic nitrogens is 6. The summed E-state index contributed by atoms with van der Waals surface area (Å²) in [6.07, 6.45) is 5.47. The molecule has 0 atom stereocenters. The molecule has 6 heterocycles. The summed E-state index contributed by atoms with van der Waals surface area (Å²) >= 11 is 0. The number of hydrogen-bond donors (Lipinski definition) is 0. The van der Waals surface area contributed by atoms with Crippen molar-refractivity contribution >= 4 is 43.7 Å². The number of benzene rings is 5. The molecule has 262 valence electrons. The van der Waals surface area contributed by atoms with E-state index in [4.69, 9.17) is 9.97 Å². The Kier molecular flexibility index (Phi) is 7.38. The molecule has 11 aromatic rings. The minimum absolute atomic E-state index is 0.800. The van der Waals surface area contributed by atoms with Gasteiger partial charge in [-0.15, -0.1) is 0 Å². The van der Waals surface area contributed by atoms with Gasteiger partial charge in [0.1, 0.15) is 5.65 Å². The van der Waals surface area contributed by atoms with Crippen LogP contribution in [-0.4, -0.2) is 29.1 Å². The molecule has 0 aliphatic carbocycles. The molecule has 0 saturated carbocycles. The molecule has 0 fully saturated rings. The van der Waals surface area contributed by atoms with Gasteiger partial charge in [0.15, 0.2) is 0 Å². The summed E-state index contributed by atoms with van der Waals surface area (Å²) in [5, 5.41) is 4.75. The third kappa shape index (κ3) is 5.19. The lowest BCUT2D eigenvalue weighted by Gasteiger charge is -2.12. The monoisotopic (exact) mass is 716 g/mol. The van der Waals surface area contributed by atoms with Crippen LogP contribution >= 0.6 is 0 Å². The van der Waals surface area contributed by atoms with Crippen LogP contribution in [0.15, 0.2) is 195 Å².